The normalized spacial score (nSPS) is 11.7. The van der Waals surface area contributed by atoms with E-state index in [9.17, 15) is 0 Å². The first-order valence-corrected chi connectivity index (χ1v) is 12.5. The number of nitrogens with zero attached hydrogens (tertiary/aromatic N) is 4. The lowest BCUT2D eigenvalue weighted by Gasteiger charge is -2.25. The molecule has 1 heterocycles. The molecule has 1 aromatic heterocycles. The van der Waals surface area contributed by atoms with Crippen molar-refractivity contribution in [1.82, 2.24) is 4.98 Å². The molecule has 2 aromatic carbocycles. The van der Waals surface area contributed by atoms with Gasteiger partial charge in [0.05, 0.1) is 68.8 Å². The number of aliphatic hydroxyl groups excluding tert-OH is 2. The number of benzene rings is 2. The summed E-state index contributed by atoms with van der Waals surface area (Å²) in [5.74, 6) is 0. The lowest BCUT2D eigenvalue weighted by molar-refractivity contribution is 0.0347. The number of hydrogen-bond donors (Lipinski definition) is 2. The van der Waals surface area contributed by atoms with Gasteiger partial charge in [0.25, 0.3) is 0 Å². The Hall–Kier alpha value is -2.47. The van der Waals surface area contributed by atoms with E-state index >= 15 is 0 Å². The van der Waals surface area contributed by atoms with Crippen molar-refractivity contribution in [2.24, 2.45) is 10.2 Å². The minimum atomic E-state index is 0.00399. The maximum atomic E-state index is 8.95. The van der Waals surface area contributed by atoms with Crippen LogP contribution in [0, 0.1) is 13.8 Å². The van der Waals surface area contributed by atoms with E-state index in [1.165, 1.54) is 16.9 Å². The van der Waals surface area contributed by atoms with E-state index in [1.807, 2.05) is 31.2 Å². The molecular formula is C25H34N4O5S. The van der Waals surface area contributed by atoms with Gasteiger partial charge in [-0.2, -0.15) is 0 Å². The highest BCUT2D eigenvalue weighted by atomic mass is 32.1. The Kier molecular flexibility index (Phi) is 11.5. The number of fused-ring (bicyclic) bond motifs is 1. The van der Waals surface area contributed by atoms with Crippen LogP contribution in [0.1, 0.15) is 11.1 Å². The molecular weight excluding hydrogens is 468 g/mol. The summed E-state index contributed by atoms with van der Waals surface area (Å²) >= 11 is 1.53. The number of hydrogen-bond acceptors (Lipinski definition) is 10. The van der Waals surface area contributed by atoms with Gasteiger partial charge < -0.3 is 29.3 Å². The average Bonchev–Trinajstić information content (AvgIpc) is 3.26. The summed E-state index contributed by atoms with van der Waals surface area (Å²) in [6.45, 7) is 8.01. The lowest BCUT2D eigenvalue weighted by Crippen LogP contribution is -2.31. The number of aryl methyl sites for hydroxylation is 2. The average molecular weight is 503 g/mol. The predicted octanol–water partition coefficient (Wildman–Crippen LogP) is 4.17. The fourth-order valence-electron chi connectivity index (χ4n) is 3.38. The number of rotatable bonds is 16. The van der Waals surface area contributed by atoms with Crippen LogP contribution in [0.4, 0.5) is 16.5 Å². The number of aliphatic hydroxyl groups is 2. The van der Waals surface area contributed by atoms with Crippen LogP contribution in [0.3, 0.4) is 0 Å². The Labute approximate surface area is 210 Å². The third kappa shape index (κ3) is 8.92. The van der Waals surface area contributed by atoms with Gasteiger partial charge in [-0.05, 0) is 55.3 Å². The summed E-state index contributed by atoms with van der Waals surface area (Å²) in [5, 5.41) is 27.1. The van der Waals surface area contributed by atoms with Crippen molar-refractivity contribution in [3.05, 3.63) is 47.5 Å². The first-order chi connectivity index (χ1) is 17.1. The van der Waals surface area contributed by atoms with Crippen molar-refractivity contribution in [3.8, 4) is 0 Å². The minimum Gasteiger partial charge on any atom is -0.394 e. The van der Waals surface area contributed by atoms with Crippen LogP contribution in [0.15, 0.2) is 46.6 Å². The van der Waals surface area contributed by atoms with Crippen molar-refractivity contribution in [3.63, 3.8) is 0 Å². The molecule has 0 unspecified atom stereocenters. The van der Waals surface area contributed by atoms with Gasteiger partial charge in [-0.15, -0.1) is 10.2 Å². The van der Waals surface area contributed by atoms with Crippen LogP contribution in [-0.2, 0) is 14.2 Å². The van der Waals surface area contributed by atoms with Crippen molar-refractivity contribution in [2.75, 3.05) is 70.8 Å². The van der Waals surface area contributed by atoms with Crippen LogP contribution in [0.2, 0.25) is 0 Å². The van der Waals surface area contributed by atoms with Crippen molar-refractivity contribution < 1.29 is 24.4 Å². The highest BCUT2D eigenvalue weighted by Gasteiger charge is 2.10. The largest absolute Gasteiger partial charge is 0.394 e. The number of thiazole rings is 1. The Bertz CT molecular complexity index is 1080. The molecule has 10 heteroatoms. The molecule has 0 aliphatic rings. The minimum absolute atomic E-state index is 0.00399. The second-order valence-corrected chi connectivity index (χ2v) is 8.92. The molecule has 0 saturated heterocycles. The molecule has 0 radical (unpaired) electrons. The van der Waals surface area contributed by atoms with Crippen molar-refractivity contribution >= 4 is 38.1 Å². The summed E-state index contributed by atoms with van der Waals surface area (Å²) < 4.78 is 17.5. The maximum Gasteiger partial charge on any atom is 0.231 e. The third-order valence-electron chi connectivity index (χ3n) is 5.18. The molecule has 0 spiro atoms. The van der Waals surface area contributed by atoms with Crippen molar-refractivity contribution in [1.29, 1.82) is 0 Å². The Morgan fingerprint density at radius 2 is 1.51 bits per heavy atom. The molecule has 0 atom stereocenters. The molecule has 35 heavy (non-hydrogen) atoms. The van der Waals surface area contributed by atoms with E-state index in [1.54, 1.807) is 0 Å². The van der Waals surface area contributed by atoms with E-state index in [0.717, 1.165) is 27.2 Å². The molecule has 0 bridgehead atoms. The predicted molar refractivity (Wildman–Crippen MR) is 139 cm³/mol. The summed E-state index contributed by atoms with van der Waals surface area (Å²) in [4.78, 5) is 6.72. The summed E-state index contributed by atoms with van der Waals surface area (Å²) in [7, 11) is 0. The molecule has 0 fully saturated rings. The van der Waals surface area contributed by atoms with Crippen LogP contribution in [0.5, 0.6) is 0 Å². The molecule has 190 valence electrons. The molecule has 0 aliphatic heterocycles. The quantitative estimate of drug-likeness (QED) is 0.223. The second-order valence-electron chi connectivity index (χ2n) is 7.91. The van der Waals surface area contributed by atoms with Gasteiger partial charge in [0.2, 0.25) is 5.13 Å². The number of aromatic nitrogens is 1. The summed E-state index contributed by atoms with van der Waals surface area (Å²) in [6.07, 6.45) is 0. The zero-order chi connectivity index (χ0) is 24.9. The van der Waals surface area contributed by atoms with E-state index in [4.69, 9.17) is 24.4 Å². The molecule has 0 amide bonds. The van der Waals surface area contributed by atoms with Gasteiger partial charge in [0, 0.05) is 18.8 Å². The van der Waals surface area contributed by atoms with E-state index < -0.39 is 0 Å². The molecule has 0 saturated carbocycles. The molecule has 0 aliphatic carbocycles. The van der Waals surface area contributed by atoms with Crippen molar-refractivity contribution in [2.45, 2.75) is 13.8 Å². The molecule has 2 N–H and O–H groups in total. The molecule has 9 nitrogen and oxygen atoms in total. The second kappa shape index (κ2) is 14.8. The standard InChI is InChI=1S/C25H34N4O5S/c1-19-3-5-23-24(17-19)35-25(26-23)28-27-22-6-4-21(18-20(22)2)29(7-11-32-13-9-30)8-12-33-15-16-34-14-10-31/h3-6,17-18,30-31H,7-16H2,1-2H3. The number of azo groups is 1. The first kappa shape index (κ1) is 27.1. The number of anilines is 1. The fourth-order valence-corrected chi connectivity index (χ4v) is 4.27. The lowest BCUT2D eigenvalue weighted by atomic mass is 10.1. The van der Waals surface area contributed by atoms with Gasteiger partial charge in [-0.3, -0.25) is 0 Å². The van der Waals surface area contributed by atoms with E-state index in [-0.39, 0.29) is 13.2 Å². The summed E-state index contributed by atoms with van der Waals surface area (Å²) in [5.41, 5.74) is 4.95. The Morgan fingerprint density at radius 1 is 0.829 bits per heavy atom. The topological polar surface area (TPSA) is 109 Å². The van der Waals surface area contributed by atoms with Gasteiger partial charge in [0.1, 0.15) is 0 Å². The van der Waals surface area contributed by atoms with Gasteiger partial charge in [0.15, 0.2) is 0 Å². The SMILES string of the molecule is Cc1ccc2nc(N=Nc3ccc(N(CCOCCO)CCOCCOCCO)cc3C)sc2c1. The Balaban J connectivity index is 1.62. The molecule has 3 rings (SSSR count). The fraction of sp³-hybridized carbons (Fsp3) is 0.480. The monoisotopic (exact) mass is 502 g/mol. The highest BCUT2D eigenvalue weighted by molar-refractivity contribution is 7.21. The first-order valence-electron chi connectivity index (χ1n) is 11.7. The van der Waals surface area contributed by atoms with Crippen LogP contribution in [-0.4, -0.2) is 81.1 Å². The third-order valence-corrected chi connectivity index (χ3v) is 6.08. The smallest absolute Gasteiger partial charge is 0.231 e. The Morgan fingerprint density at radius 3 is 2.20 bits per heavy atom. The summed E-state index contributed by atoms with van der Waals surface area (Å²) in [6, 6.07) is 12.2. The van der Waals surface area contributed by atoms with Crippen LogP contribution in [0.25, 0.3) is 10.2 Å². The van der Waals surface area contributed by atoms with Gasteiger partial charge in [-0.25, -0.2) is 4.98 Å². The van der Waals surface area contributed by atoms with Crippen LogP contribution >= 0.6 is 11.3 Å². The number of ether oxygens (including phenoxy) is 3. The highest BCUT2D eigenvalue weighted by Crippen LogP contribution is 2.31. The van der Waals surface area contributed by atoms with Crippen LogP contribution < -0.4 is 4.90 Å². The van der Waals surface area contributed by atoms with E-state index in [2.05, 4.69) is 39.2 Å². The zero-order valence-corrected chi connectivity index (χ0v) is 21.2. The molecule has 3 aromatic rings. The maximum absolute atomic E-state index is 8.95. The van der Waals surface area contributed by atoms with E-state index in [0.29, 0.717) is 57.9 Å². The van der Waals surface area contributed by atoms with Gasteiger partial charge >= 0.3 is 0 Å². The zero-order valence-electron chi connectivity index (χ0n) is 20.4. The van der Waals surface area contributed by atoms with Gasteiger partial charge in [-0.1, -0.05) is 17.4 Å².